The van der Waals surface area contributed by atoms with Gasteiger partial charge in [0.05, 0.1) is 13.2 Å². The van der Waals surface area contributed by atoms with Gasteiger partial charge in [-0.2, -0.15) is 5.10 Å². The van der Waals surface area contributed by atoms with Gasteiger partial charge in [-0.25, -0.2) is 4.79 Å². The molecule has 0 N–H and O–H groups in total. The predicted octanol–water partition coefficient (Wildman–Crippen LogP) is 5.05. The highest BCUT2D eigenvalue weighted by Gasteiger charge is 2.16. The lowest BCUT2D eigenvalue weighted by molar-refractivity contribution is 0.0518. The second-order valence-electron chi connectivity index (χ2n) is 6.34. The first-order valence-electron chi connectivity index (χ1n) is 8.32. The van der Waals surface area contributed by atoms with Gasteiger partial charge in [0.25, 0.3) is 0 Å². The van der Waals surface area contributed by atoms with Gasteiger partial charge in [0.2, 0.25) is 0 Å². The summed E-state index contributed by atoms with van der Waals surface area (Å²) in [5.74, 6) is 0.878. The zero-order chi connectivity index (χ0) is 18.1. The molecule has 0 spiro atoms. The number of aryl methyl sites for hydroxylation is 1. The minimum absolute atomic E-state index is 0.320. The van der Waals surface area contributed by atoms with E-state index in [1.807, 2.05) is 19.1 Å². The molecule has 5 nitrogen and oxygen atoms in total. The number of aromatic nitrogens is 2. The molecule has 0 fully saturated rings. The molecule has 0 amide bonds. The quantitative estimate of drug-likeness (QED) is 0.558. The minimum Gasteiger partial charge on any atom is -0.461 e. The van der Waals surface area contributed by atoms with Crippen molar-refractivity contribution in [2.24, 2.45) is 0 Å². The summed E-state index contributed by atoms with van der Waals surface area (Å²) in [4.78, 5) is 11.9. The van der Waals surface area contributed by atoms with Crippen LogP contribution in [0.25, 0.3) is 11.0 Å². The number of carbonyl (C=O) groups excluding carboxylic acids is 1. The highest BCUT2D eigenvalue weighted by molar-refractivity contribution is 9.10. The van der Waals surface area contributed by atoms with Crippen molar-refractivity contribution in [3.05, 3.63) is 51.4 Å². The van der Waals surface area contributed by atoms with E-state index in [9.17, 15) is 4.79 Å². The Hall–Kier alpha value is -2.08. The Kier molecular flexibility index (Phi) is 4.99. The fraction of sp³-hybridized carbons (Fsp3) is 0.368. The molecule has 6 heteroatoms. The molecule has 1 aromatic carbocycles. The molecule has 2 aromatic heterocycles. The molecule has 3 aromatic rings. The lowest BCUT2D eigenvalue weighted by Gasteiger charge is -2.06. The molecule has 0 atom stereocenters. The Morgan fingerprint density at radius 1 is 1.32 bits per heavy atom. The van der Waals surface area contributed by atoms with E-state index < -0.39 is 5.97 Å². The molecule has 0 aliphatic carbocycles. The highest BCUT2D eigenvalue weighted by atomic mass is 79.9. The first-order valence-corrected chi connectivity index (χ1v) is 9.11. The Morgan fingerprint density at radius 3 is 2.76 bits per heavy atom. The van der Waals surface area contributed by atoms with Gasteiger partial charge in [-0.3, -0.25) is 4.68 Å². The number of rotatable bonds is 5. The van der Waals surface area contributed by atoms with Gasteiger partial charge in [-0.1, -0.05) is 29.8 Å². The summed E-state index contributed by atoms with van der Waals surface area (Å²) < 4.78 is 13.9. The fourth-order valence-corrected chi connectivity index (χ4v) is 3.27. The van der Waals surface area contributed by atoms with Crippen molar-refractivity contribution in [2.45, 2.75) is 40.2 Å². The topological polar surface area (TPSA) is 57.3 Å². The van der Waals surface area contributed by atoms with Crippen LogP contribution in [-0.4, -0.2) is 22.4 Å². The molecule has 0 saturated carbocycles. The molecular formula is C19H21BrN2O3. The summed E-state index contributed by atoms with van der Waals surface area (Å²) in [6, 6.07) is 7.90. The van der Waals surface area contributed by atoms with Crippen LogP contribution in [0.3, 0.4) is 0 Å². The maximum atomic E-state index is 11.9. The molecule has 0 unspecified atom stereocenters. The van der Waals surface area contributed by atoms with Crippen LogP contribution in [0, 0.1) is 6.92 Å². The Bertz CT molecular complexity index is 924. The van der Waals surface area contributed by atoms with Crippen molar-refractivity contribution in [3.8, 4) is 0 Å². The van der Waals surface area contributed by atoms with Crippen LogP contribution in [0.4, 0.5) is 0 Å². The van der Waals surface area contributed by atoms with Crippen molar-refractivity contribution in [1.29, 1.82) is 0 Å². The maximum absolute atomic E-state index is 11.9. The van der Waals surface area contributed by atoms with Crippen molar-refractivity contribution in [3.63, 3.8) is 0 Å². The number of ether oxygens (including phenoxy) is 1. The number of hydrogen-bond acceptors (Lipinski definition) is 4. The number of fused-ring (bicyclic) bond motifs is 1. The zero-order valence-electron chi connectivity index (χ0n) is 14.8. The number of esters is 1. The van der Waals surface area contributed by atoms with Crippen LogP contribution in [0.15, 0.2) is 33.2 Å². The molecule has 0 saturated heterocycles. The molecule has 25 heavy (non-hydrogen) atoms. The summed E-state index contributed by atoms with van der Waals surface area (Å²) in [7, 11) is 0. The number of halogens is 1. The second-order valence-corrected chi connectivity index (χ2v) is 7.25. The van der Waals surface area contributed by atoms with Gasteiger partial charge < -0.3 is 9.15 Å². The molecule has 0 bridgehead atoms. The second kappa shape index (κ2) is 7.04. The average Bonchev–Trinajstić information content (AvgIpc) is 3.12. The molecule has 0 aliphatic rings. The normalized spacial score (nSPS) is 11.4. The van der Waals surface area contributed by atoms with E-state index in [1.165, 1.54) is 0 Å². The van der Waals surface area contributed by atoms with E-state index in [0.29, 0.717) is 24.8 Å². The van der Waals surface area contributed by atoms with Crippen LogP contribution in [0.2, 0.25) is 0 Å². The maximum Gasteiger partial charge on any atom is 0.358 e. The number of nitrogens with zero attached hydrogens (tertiary/aromatic N) is 2. The van der Waals surface area contributed by atoms with E-state index in [0.717, 1.165) is 32.5 Å². The Balaban J connectivity index is 1.99. The number of carbonyl (C=O) groups is 1. The van der Waals surface area contributed by atoms with Gasteiger partial charge in [0, 0.05) is 27.0 Å². The number of furan rings is 1. The van der Waals surface area contributed by atoms with Crippen molar-refractivity contribution < 1.29 is 13.9 Å². The van der Waals surface area contributed by atoms with Crippen LogP contribution in [0.1, 0.15) is 54.2 Å². The SMILES string of the molecule is CCOC(=O)c1cc(C)n(Cc2cc(Br)cc3cc(C(C)C)oc23)n1. The van der Waals surface area contributed by atoms with Crippen LogP contribution in [0.5, 0.6) is 0 Å². The molecule has 132 valence electrons. The minimum atomic E-state index is -0.399. The number of benzene rings is 1. The van der Waals surface area contributed by atoms with E-state index in [2.05, 4.69) is 40.9 Å². The Labute approximate surface area is 155 Å². The molecule has 0 aliphatic heterocycles. The lowest BCUT2D eigenvalue weighted by atomic mass is 10.1. The van der Waals surface area contributed by atoms with Crippen molar-refractivity contribution in [1.82, 2.24) is 9.78 Å². The summed E-state index contributed by atoms with van der Waals surface area (Å²) >= 11 is 3.56. The summed E-state index contributed by atoms with van der Waals surface area (Å²) in [6.07, 6.45) is 0. The third-order valence-electron chi connectivity index (χ3n) is 4.03. The third kappa shape index (κ3) is 3.63. The van der Waals surface area contributed by atoms with Crippen molar-refractivity contribution in [2.75, 3.05) is 6.61 Å². The van der Waals surface area contributed by atoms with Crippen molar-refractivity contribution >= 4 is 32.9 Å². The van der Waals surface area contributed by atoms with E-state index in [1.54, 1.807) is 17.7 Å². The molecular weight excluding hydrogens is 384 g/mol. The van der Waals surface area contributed by atoms with Crippen LogP contribution in [-0.2, 0) is 11.3 Å². The average molecular weight is 405 g/mol. The monoisotopic (exact) mass is 404 g/mol. The zero-order valence-corrected chi connectivity index (χ0v) is 16.4. The van der Waals surface area contributed by atoms with Gasteiger partial charge in [-0.15, -0.1) is 0 Å². The van der Waals surface area contributed by atoms with Crippen LogP contribution < -0.4 is 0 Å². The van der Waals surface area contributed by atoms with Gasteiger partial charge in [-0.05, 0) is 38.1 Å². The number of hydrogen-bond donors (Lipinski definition) is 0. The Morgan fingerprint density at radius 2 is 2.08 bits per heavy atom. The fourth-order valence-electron chi connectivity index (χ4n) is 2.74. The van der Waals surface area contributed by atoms with E-state index in [4.69, 9.17) is 9.15 Å². The molecule has 2 heterocycles. The summed E-state index contributed by atoms with van der Waals surface area (Å²) in [6.45, 7) is 8.77. The highest BCUT2D eigenvalue weighted by Crippen LogP contribution is 2.31. The van der Waals surface area contributed by atoms with Gasteiger partial charge in [0.1, 0.15) is 11.3 Å². The summed E-state index contributed by atoms with van der Waals surface area (Å²) in [5.41, 5.74) is 3.09. The molecule has 0 radical (unpaired) electrons. The molecule has 3 rings (SSSR count). The standard InChI is InChI=1S/C19H21BrN2O3/c1-5-24-19(23)16-6-12(4)22(21-16)10-14-8-15(20)7-13-9-17(11(2)3)25-18(13)14/h6-9,11H,5,10H2,1-4H3. The van der Waals surface area contributed by atoms with E-state index in [-0.39, 0.29) is 0 Å². The van der Waals surface area contributed by atoms with Gasteiger partial charge >= 0.3 is 5.97 Å². The third-order valence-corrected chi connectivity index (χ3v) is 4.49. The summed E-state index contributed by atoms with van der Waals surface area (Å²) in [5, 5.41) is 5.45. The largest absolute Gasteiger partial charge is 0.461 e. The first kappa shape index (κ1) is 17.7. The smallest absolute Gasteiger partial charge is 0.358 e. The lowest BCUT2D eigenvalue weighted by Crippen LogP contribution is -2.08. The van der Waals surface area contributed by atoms with Gasteiger partial charge in [0.15, 0.2) is 5.69 Å². The predicted molar refractivity (Wildman–Crippen MR) is 100 cm³/mol. The first-order chi connectivity index (χ1) is 11.9. The van der Waals surface area contributed by atoms with E-state index >= 15 is 0 Å². The van der Waals surface area contributed by atoms with Crippen LogP contribution >= 0.6 is 15.9 Å².